The van der Waals surface area contributed by atoms with Gasteiger partial charge in [0.1, 0.15) is 0 Å². The zero-order valence-electron chi connectivity index (χ0n) is 15.4. The summed E-state index contributed by atoms with van der Waals surface area (Å²) in [7, 11) is -0.236. The summed E-state index contributed by atoms with van der Waals surface area (Å²) in [5.74, 6) is 1.24. The zero-order chi connectivity index (χ0) is 17.0. The Morgan fingerprint density at radius 2 is 1.79 bits per heavy atom. The second-order valence-electron chi connectivity index (χ2n) is 6.54. The van der Waals surface area contributed by atoms with Crippen LogP contribution < -0.4 is 0 Å². The molecule has 0 bridgehead atoms. The summed E-state index contributed by atoms with van der Waals surface area (Å²) in [4.78, 5) is 2.98. The van der Waals surface area contributed by atoms with Crippen LogP contribution >= 0.6 is 22.7 Å². The van der Waals surface area contributed by atoms with Gasteiger partial charge in [-0.1, -0.05) is 64.5 Å². The number of thiol groups is 1. The first-order valence-corrected chi connectivity index (χ1v) is 12.1. The molecule has 24 heavy (non-hydrogen) atoms. The van der Waals surface area contributed by atoms with Gasteiger partial charge in [-0.3, -0.25) is 0 Å². The molecular formula is C22H33S2. The van der Waals surface area contributed by atoms with Gasteiger partial charge in [0.2, 0.25) is 0 Å². The summed E-state index contributed by atoms with van der Waals surface area (Å²) >= 11 is 2.03. The molecule has 1 heterocycles. The molecule has 0 N–H and O–H groups in total. The molecule has 133 valence electrons. The van der Waals surface area contributed by atoms with Crippen LogP contribution in [0, 0.1) is 6.07 Å². The van der Waals surface area contributed by atoms with Crippen molar-refractivity contribution in [1.82, 2.24) is 0 Å². The van der Waals surface area contributed by atoms with Gasteiger partial charge in [-0.25, -0.2) is 0 Å². The number of thioether (sulfide) groups is 1. The van der Waals surface area contributed by atoms with Crippen molar-refractivity contribution in [2.75, 3.05) is 5.75 Å². The number of benzene rings is 1. The molecular weight excluding hydrogens is 328 g/mol. The van der Waals surface area contributed by atoms with E-state index < -0.39 is 0 Å². The van der Waals surface area contributed by atoms with E-state index in [1.165, 1.54) is 73.3 Å². The molecule has 0 fully saturated rings. The molecule has 1 radical (unpaired) electrons. The molecule has 2 heteroatoms. The first kappa shape index (κ1) is 19.7. The molecule has 0 spiro atoms. The van der Waals surface area contributed by atoms with E-state index in [1.807, 2.05) is 11.8 Å². The maximum Gasteiger partial charge on any atom is 0.0203 e. The number of rotatable bonds is 12. The van der Waals surface area contributed by atoms with Crippen LogP contribution in [0.15, 0.2) is 50.5 Å². The summed E-state index contributed by atoms with van der Waals surface area (Å²) in [5, 5.41) is 4.98. The lowest BCUT2D eigenvalue weighted by molar-refractivity contribution is 0.668. The van der Waals surface area contributed by atoms with Gasteiger partial charge in [0, 0.05) is 9.79 Å². The quantitative estimate of drug-likeness (QED) is 0.224. The zero-order valence-corrected chi connectivity index (χ0v) is 17.1. The molecule has 1 atom stereocenters. The predicted molar refractivity (Wildman–Crippen MR) is 113 cm³/mol. The van der Waals surface area contributed by atoms with Gasteiger partial charge in [-0.05, 0) is 59.6 Å². The van der Waals surface area contributed by atoms with Gasteiger partial charge >= 0.3 is 0 Å². The van der Waals surface area contributed by atoms with Gasteiger partial charge in [-0.2, -0.15) is 10.9 Å². The summed E-state index contributed by atoms with van der Waals surface area (Å²) in [6.07, 6.45) is 14.4. The van der Waals surface area contributed by atoms with Gasteiger partial charge in [-0.15, -0.1) is 11.8 Å². The van der Waals surface area contributed by atoms with Crippen molar-refractivity contribution in [3.05, 3.63) is 46.7 Å². The van der Waals surface area contributed by atoms with Crippen molar-refractivity contribution >= 4 is 22.7 Å². The molecule has 1 unspecified atom stereocenters. The Hall–Kier alpha value is -0.600. The number of unbranched alkanes of at least 4 members (excludes halogenated alkanes) is 6. The van der Waals surface area contributed by atoms with E-state index >= 15 is 0 Å². The molecule has 1 aliphatic heterocycles. The number of hydrogen-bond donors (Lipinski definition) is 1. The van der Waals surface area contributed by atoms with Crippen LogP contribution in [0.3, 0.4) is 0 Å². The summed E-state index contributed by atoms with van der Waals surface area (Å²) in [6, 6.07) is 9.85. The van der Waals surface area contributed by atoms with E-state index in [4.69, 9.17) is 0 Å². The topological polar surface area (TPSA) is 0 Å². The third kappa shape index (κ3) is 6.72. The Labute approximate surface area is 156 Å². The first-order chi connectivity index (χ1) is 11.8. The predicted octanol–water partition coefficient (Wildman–Crippen LogP) is 7.90. The molecule has 0 nitrogen and oxygen atoms in total. The fourth-order valence-corrected chi connectivity index (χ4v) is 6.26. The van der Waals surface area contributed by atoms with Gasteiger partial charge in [0.05, 0.1) is 0 Å². The lowest BCUT2D eigenvalue weighted by Crippen LogP contribution is -1.85. The van der Waals surface area contributed by atoms with Gasteiger partial charge in [0.15, 0.2) is 0 Å². The summed E-state index contributed by atoms with van der Waals surface area (Å²) < 4.78 is 0. The highest BCUT2D eigenvalue weighted by Crippen LogP contribution is 2.48. The SMILES string of the molecule is CCCCCCSc1c[c]ccc1[SH]1C=CC(CCCCCC)=C1. The second kappa shape index (κ2) is 11.9. The molecule has 1 aliphatic rings. The van der Waals surface area contributed by atoms with Crippen LogP contribution in [0.2, 0.25) is 0 Å². The van der Waals surface area contributed by atoms with Crippen LogP contribution in [0.1, 0.15) is 71.6 Å². The Morgan fingerprint density at radius 1 is 1.00 bits per heavy atom. The molecule has 0 saturated heterocycles. The molecule has 1 aromatic rings. The largest absolute Gasteiger partial charge is 0.185 e. The van der Waals surface area contributed by atoms with Crippen molar-refractivity contribution in [3.63, 3.8) is 0 Å². The third-order valence-corrected chi connectivity index (χ3v) is 7.73. The molecule has 0 aromatic heterocycles. The highest BCUT2D eigenvalue weighted by molar-refractivity contribution is 8.22. The molecule has 1 aromatic carbocycles. The summed E-state index contributed by atoms with van der Waals surface area (Å²) in [6.45, 7) is 4.56. The van der Waals surface area contributed by atoms with Crippen molar-refractivity contribution in [2.45, 2.75) is 81.4 Å². The van der Waals surface area contributed by atoms with Crippen molar-refractivity contribution in [2.24, 2.45) is 0 Å². The molecule has 0 aliphatic carbocycles. The smallest absolute Gasteiger partial charge is 0.0203 e. The van der Waals surface area contributed by atoms with E-state index in [2.05, 4.69) is 55.0 Å². The molecule has 2 rings (SSSR count). The van der Waals surface area contributed by atoms with E-state index in [9.17, 15) is 0 Å². The minimum Gasteiger partial charge on any atom is -0.185 e. The van der Waals surface area contributed by atoms with E-state index in [0.717, 1.165) is 0 Å². The van der Waals surface area contributed by atoms with Crippen LogP contribution in [-0.2, 0) is 0 Å². The van der Waals surface area contributed by atoms with Crippen molar-refractivity contribution < 1.29 is 0 Å². The first-order valence-electron chi connectivity index (χ1n) is 9.65. The second-order valence-corrected chi connectivity index (χ2v) is 9.53. The van der Waals surface area contributed by atoms with E-state index in [0.29, 0.717) is 0 Å². The monoisotopic (exact) mass is 361 g/mol. The highest BCUT2D eigenvalue weighted by atomic mass is 32.2. The third-order valence-electron chi connectivity index (χ3n) is 4.41. The lowest BCUT2D eigenvalue weighted by atomic mass is 10.1. The van der Waals surface area contributed by atoms with Gasteiger partial charge in [0.25, 0.3) is 0 Å². The standard InChI is InChI=1S/C22H33S2/c1-3-5-7-9-13-20-16-18-24(19-20)22-15-11-10-14-21(22)23-17-12-8-6-4-2/h11,14-16,18-19,24H,3-9,12-13,17H2,1-2H3. The van der Waals surface area contributed by atoms with Crippen molar-refractivity contribution in [3.8, 4) is 0 Å². The average Bonchev–Trinajstić information content (AvgIpc) is 3.08. The lowest BCUT2D eigenvalue weighted by Gasteiger charge is -2.15. The van der Waals surface area contributed by atoms with Crippen LogP contribution in [0.4, 0.5) is 0 Å². The molecule has 0 amide bonds. The highest BCUT2D eigenvalue weighted by Gasteiger charge is 2.12. The van der Waals surface area contributed by atoms with E-state index in [1.54, 1.807) is 5.57 Å². The molecule has 0 saturated carbocycles. The Kier molecular flexibility index (Phi) is 9.75. The minimum atomic E-state index is -0.236. The van der Waals surface area contributed by atoms with Gasteiger partial charge < -0.3 is 0 Å². The minimum absolute atomic E-state index is 0.236. The Bertz CT molecular complexity index is 531. The van der Waals surface area contributed by atoms with Crippen LogP contribution in [0.5, 0.6) is 0 Å². The van der Waals surface area contributed by atoms with Crippen molar-refractivity contribution in [1.29, 1.82) is 0 Å². The Morgan fingerprint density at radius 3 is 2.58 bits per heavy atom. The number of hydrogen-bond acceptors (Lipinski definition) is 1. The van der Waals surface area contributed by atoms with Crippen LogP contribution in [0.25, 0.3) is 0 Å². The Balaban J connectivity index is 1.87. The maximum atomic E-state index is 3.28. The number of allylic oxidation sites excluding steroid dienone is 2. The fourth-order valence-electron chi connectivity index (χ4n) is 2.94. The summed E-state index contributed by atoms with van der Waals surface area (Å²) in [5.41, 5.74) is 1.56. The maximum absolute atomic E-state index is 3.28. The fraction of sp³-hybridized carbons (Fsp3) is 0.545. The van der Waals surface area contributed by atoms with E-state index in [-0.39, 0.29) is 10.9 Å². The normalized spacial score (nSPS) is 18.1. The average molecular weight is 362 g/mol. The van der Waals surface area contributed by atoms with Crippen LogP contribution in [-0.4, -0.2) is 5.75 Å².